The summed E-state index contributed by atoms with van der Waals surface area (Å²) in [7, 11) is 0. The maximum atomic E-state index is 12.5. The number of nitrogens with one attached hydrogen (secondary N) is 2. The van der Waals surface area contributed by atoms with Crippen molar-refractivity contribution in [2.45, 2.75) is 32.6 Å². The van der Waals surface area contributed by atoms with Gasteiger partial charge in [-0.1, -0.05) is 25.1 Å². The Morgan fingerprint density at radius 3 is 2.71 bits per heavy atom. The minimum atomic E-state index is -0.0591. The average Bonchev–Trinajstić information content (AvgIpc) is 3.17. The van der Waals surface area contributed by atoms with Crippen LogP contribution in [0, 0.1) is 0 Å². The monoisotopic (exact) mass is 348 g/mol. The maximum Gasteiger partial charge on any atom is 0.272 e. The predicted octanol–water partition coefficient (Wildman–Crippen LogP) is 2.51. The van der Waals surface area contributed by atoms with Gasteiger partial charge in [0, 0.05) is 24.3 Å². The Morgan fingerprint density at radius 1 is 1.17 bits per heavy atom. The van der Waals surface area contributed by atoms with Crippen molar-refractivity contribution in [1.29, 1.82) is 0 Å². The van der Waals surface area contributed by atoms with E-state index in [1.54, 1.807) is 0 Å². The summed E-state index contributed by atoms with van der Waals surface area (Å²) in [6, 6.07) is 10.0. The second-order valence-corrected chi connectivity index (χ2v) is 5.88. The van der Waals surface area contributed by atoms with Gasteiger partial charge in [0.15, 0.2) is 5.69 Å². The van der Waals surface area contributed by atoms with Gasteiger partial charge in [-0.3, -0.25) is 4.79 Å². The molecular weight excluding hydrogens is 324 g/mol. The quantitative estimate of drug-likeness (QED) is 0.756. The van der Waals surface area contributed by atoms with Gasteiger partial charge in [-0.2, -0.15) is 5.10 Å². The van der Waals surface area contributed by atoms with E-state index in [4.69, 9.17) is 0 Å². The highest BCUT2D eigenvalue weighted by molar-refractivity contribution is 5.94. The zero-order valence-corrected chi connectivity index (χ0v) is 14.9. The van der Waals surface area contributed by atoms with Crippen molar-refractivity contribution in [3.05, 3.63) is 47.3 Å². The Hall–Kier alpha value is -1.85. The second kappa shape index (κ2) is 8.85. The summed E-state index contributed by atoms with van der Waals surface area (Å²) in [5, 5.41) is 10.9. The summed E-state index contributed by atoms with van der Waals surface area (Å²) in [5.41, 5.74) is 3.92. The molecule has 1 heterocycles. The molecule has 1 aromatic heterocycles. The largest absolute Gasteiger partial charge is 0.349 e. The summed E-state index contributed by atoms with van der Waals surface area (Å²) in [4.78, 5) is 12.5. The number of aromatic nitrogens is 2. The molecule has 0 radical (unpaired) electrons. The SMILES string of the molecule is CCCNCCNC(=O)c1nn(-c2ccccc2)c2c1CCC2.Cl. The summed E-state index contributed by atoms with van der Waals surface area (Å²) >= 11 is 0. The second-order valence-electron chi connectivity index (χ2n) is 5.88. The van der Waals surface area contributed by atoms with Gasteiger partial charge in [0.25, 0.3) is 5.91 Å². The first-order chi connectivity index (χ1) is 11.3. The topological polar surface area (TPSA) is 58.9 Å². The molecule has 3 rings (SSSR count). The van der Waals surface area contributed by atoms with Crippen molar-refractivity contribution < 1.29 is 4.79 Å². The number of hydrogen-bond acceptors (Lipinski definition) is 3. The van der Waals surface area contributed by atoms with Crippen LogP contribution in [0.5, 0.6) is 0 Å². The standard InChI is InChI=1S/C18H24N4O.ClH/c1-2-11-19-12-13-20-18(23)17-15-9-6-10-16(15)22(21-17)14-7-4-3-5-8-14;/h3-5,7-8,19H,2,6,9-13H2,1H3,(H,20,23);1H. The molecule has 24 heavy (non-hydrogen) atoms. The molecule has 5 nitrogen and oxygen atoms in total. The molecule has 0 aliphatic heterocycles. The minimum Gasteiger partial charge on any atom is -0.349 e. The number of hydrogen-bond donors (Lipinski definition) is 2. The maximum absolute atomic E-state index is 12.5. The fourth-order valence-corrected chi connectivity index (χ4v) is 3.05. The highest BCUT2D eigenvalue weighted by atomic mass is 35.5. The van der Waals surface area contributed by atoms with E-state index in [1.165, 1.54) is 5.69 Å². The van der Waals surface area contributed by atoms with Crippen LogP contribution in [0.3, 0.4) is 0 Å². The summed E-state index contributed by atoms with van der Waals surface area (Å²) in [6.07, 6.45) is 4.13. The summed E-state index contributed by atoms with van der Waals surface area (Å²) in [5.74, 6) is -0.0591. The van der Waals surface area contributed by atoms with Gasteiger partial charge in [0.2, 0.25) is 0 Å². The van der Waals surface area contributed by atoms with Gasteiger partial charge < -0.3 is 10.6 Å². The van der Waals surface area contributed by atoms with Crippen LogP contribution < -0.4 is 10.6 Å². The van der Waals surface area contributed by atoms with E-state index in [9.17, 15) is 4.79 Å². The van der Waals surface area contributed by atoms with Crippen molar-refractivity contribution in [3.63, 3.8) is 0 Å². The Morgan fingerprint density at radius 2 is 1.96 bits per heavy atom. The highest BCUT2D eigenvalue weighted by Crippen LogP contribution is 2.27. The fraction of sp³-hybridized carbons (Fsp3) is 0.444. The molecule has 2 aromatic rings. The van der Waals surface area contributed by atoms with Gasteiger partial charge in [-0.05, 0) is 44.4 Å². The van der Waals surface area contributed by atoms with E-state index >= 15 is 0 Å². The first kappa shape index (κ1) is 18.5. The Kier molecular flexibility index (Phi) is 6.82. The van der Waals surface area contributed by atoms with Gasteiger partial charge in [-0.25, -0.2) is 4.68 Å². The number of nitrogens with zero attached hydrogens (tertiary/aromatic N) is 2. The Bertz CT molecular complexity index is 669. The van der Waals surface area contributed by atoms with Crippen molar-refractivity contribution in [2.24, 2.45) is 0 Å². The van der Waals surface area contributed by atoms with E-state index in [0.29, 0.717) is 12.2 Å². The number of carbonyl (C=O) groups excluding carboxylic acids is 1. The average molecular weight is 349 g/mol. The molecule has 0 saturated carbocycles. The highest BCUT2D eigenvalue weighted by Gasteiger charge is 2.26. The van der Waals surface area contributed by atoms with Crippen LogP contribution in [0.1, 0.15) is 41.5 Å². The third-order valence-corrected chi connectivity index (χ3v) is 4.16. The third-order valence-electron chi connectivity index (χ3n) is 4.16. The number of carbonyl (C=O) groups is 1. The molecule has 0 fully saturated rings. The predicted molar refractivity (Wildman–Crippen MR) is 98.3 cm³/mol. The number of benzene rings is 1. The van der Waals surface area contributed by atoms with Crippen molar-refractivity contribution in [1.82, 2.24) is 20.4 Å². The zero-order chi connectivity index (χ0) is 16.1. The lowest BCUT2D eigenvalue weighted by atomic mass is 10.2. The molecular formula is C18H25ClN4O. The van der Waals surface area contributed by atoms with E-state index in [-0.39, 0.29) is 18.3 Å². The van der Waals surface area contributed by atoms with Gasteiger partial charge in [0.05, 0.1) is 5.69 Å². The first-order valence-corrected chi connectivity index (χ1v) is 8.46. The van der Waals surface area contributed by atoms with Crippen LogP contribution in [-0.4, -0.2) is 35.3 Å². The van der Waals surface area contributed by atoms with Crippen molar-refractivity contribution in [3.8, 4) is 5.69 Å². The zero-order valence-electron chi connectivity index (χ0n) is 14.0. The third kappa shape index (κ3) is 3.97. The molecule has 6 heteroatoms. The number of fused-ring (bicyclic) bond motifs is 1. The van der Waals surface area contributed by atoms with Crippen LogP contribution >= 0.6 is 12.4 Å². The minimum absolute atomic E-state index is 0. The molecule has 2 N–H and O–H groups in total. The smallest absolute Gasteiger partial charge is 0.272 e. The van der Waals surface area contributed by atoms with Gasteiger partial charge in [0.1, 0.15) is 0 Å². The van der Waals surface area contributed by atoms with E-state index in [0.717, 1.165) is 50.0 Å². The normalized spacial score (nSPS) is 12.5. The van der Waals surface area contributed by atoms with Crippen LogP contribution in [-0.2, 0) is 12.8 Å². The number of amides is 1. The van der Waals surface area contributed by atoms with E-state index in [2.05, 4.69) is 22.7 Å². The molecule has 0 bridgehead atoms. The Labute approximate surface area is 149 Å². The molecule has 130 valence electrons. The molecule has 1 aromatic carbocycles. The molecule has 1 aliphatic rings. The molecule has 0 unspecified atom stereocenters. The molecule has 0 atom stereocenters. The molecule has 0 saturated heterocycles. The summed E-state index contributed by atoms with van der Waals surface area (Å²) < 4.78 is 1.94. The van der Waals surface area contributed by atoms with Crippen LogP contribution in [0.15, 0.2) is 30.3 Å². The Balaban J connectivity index is 0.00000208. The van der Waals surface area contributed by atoms with Gasteiger partial charge >= 0.3 is 0 Å². The lowest BCUT2D eigenvalue weighted by molar-refractivity contribution is 0.0947. The summed E-state index contributed by atoms with van der Waals surface area (Å²) in [6.45, 7) is 4.53. The lowest BCUT2D eigenvalue weighted by Gasteiger charge is -2.06. The van der Waals surface area contributed by atoms with E-state index in [1.807, 2.05) is 35.0 Å². The van der Waals surface area contributed by atoms with Gasteiger partial charge in [-0.15, -0.1) is 12.4 Å². The first-order valence-electron chi connectivity index (χ1n) is 8.46. The van der Waals surface area contributed by atoms with Crippen LogP contribution in [0.4, 0.5) is 0 Å². The van der Waals surface area contributed by atoms with Crippen LogP contribution in [0.25, 0.3) is 5.69 Å². The molecule has 1 aliphatic carbocycles. The van der Waals surface area contributed by atoms with Crippen molar-refractivity contribution >= 4 is 18.3 Å². The fourth-order valence-electron chi connectivity index (χ4n) is 3.05. The number of halogens is 1. The van der Waals surface area contributed by atoms with E-state index < -0.39 is 0 Å². The van der Waals surface area contributed by atoms with Crippen molar-refractivity contribution in [2.75, 3.05) is 19.6 Å². The lowest BCUT2D eigenvalue weighted by Crippen LogP contribution is -2.32. The molecule has 0 spiro atoms. The molecule has 1 amide bonds. The van der Waals surface area contributed by atoms with Crippen LogP contribution in [0.2, 0.25) is 0 Å². The number of rotatable bonds is 7. The number of para-hydroxylation sites is 1.